The minimum atomic E-state index is -0.882. The van der Waals surface area contributed by atoms with Gasteiger partial charge in [0.1, 0.15) is 5.75 Å². The van der Waals surface area contributed by atoms with Crippen molar-refractivity contribution < 1.29 is 28.9 Å². The number of carbonyl (C=O) groups is 2. The van der Waals surface area contributed by atoms with Crippen molar-refractivity contribution >= 4 is 11.9 Å². The molecule has 1 fully saturated rings. The van der Waals surface area contributed by atoms with E-state index in [1.165, 1.54) is 26.2 Å². The fourth-order valence-corrected chi connectivity index (χ4v) is 2.82. The van der Waals surface area contributed by atoms with Crippen LogP contribution in [0.5, 0.6) is 17.2 Å². The van der Waals surface area contributed by atoms with Crippen molar-refractivity contribution in [3.05, 3.63) is 17.7 Å². The summed E-state index contributed by atoms with van der Waals surface area (Å²) in [4.78, 5) is 25.5. The molecule has 7 heteroatoms. The normalized spacial score (nSPS) is 20.3. The van der Waals surface area contributed by atoms with Crippen LogP contribution in [0.3, 0.4) is 0 Å². The van der Waals surface area contributed by atoms with Crippen molar-refractivity contribution in [1.29, 1.82) is 0 Å². The molecular formula is C16H21NO6. The number of hydrogen-bond acceptors (Lipinski definition) is 5. The van der Waals surface area contributed by atoms with E-state index in [1.807, 2.05) is 6.92 Å². The van der Waals surface area contributed by atoms with Crippen LogP contribution in [0.25, 0.3) is 0 Å². The number of benzene rings is 1. The van der Waals surface area contributed by atoms with Gasteiger partial charge in [0.15, 0.2) is 11.5 Å². The van der Waals surface area contributed by atoms with Crippen molar-refractivity contribution in [2.75, 3.05) is 34.4 Å². The van der Waals surface area contributed by atoms with Gasteiger partial charge in [-0.05, 0) is 5.92 Å². The van der Waals surface area contributed by atoms with Gasteiger partial charge in [0.25, 0.3) is 5.91 Å². The Balaban J connectivity index is 2.34. The molecule has 2 rings (SSSR count). The predicted molar refractivity (Wildman–Crippen MR) is 82.3 cm³/mol. The van der Waals surface area contributed by atoms with Gasteiger partial charge in [-0.15, -0.1) is 0 Å². The fourth-order valence-electron chi connectivity index (χ4n) is 2.82. The summed E-state index contributed by atoms with van der Waals surface area (Å²) in [6.45, 7) is 2.41. The van der Waals surface area contributed by atoms with E-state index in [2.05, 4.69) is 0 Å². The molecule has 0 aromatic heterocycles. The molecule has 1 aromatic carbocycles. The zero-order chi connectivity index (χ0) is 17.1. The number of carbonyl (C=O) groups excluding carboxylic acids is 1. The Bertz CT molecular complexity index is 615. The highest BCUT2D eigenvalue weighted by Gasteiger charge is 2.38. The molecule has 7 nitrogen and oxygen atoms in total. The number of carboxylic acid groups (broad SMARTS) is 1. The molecular weight excluding hydrogens is 302 g/mol. The van der Waals surface area contributed by atoms with E-state index >= 15 is 0 Å². The summed E-state index contributed by atoms with van der Waals surface area (Å²) in [6.07, 6.45) is 0. The van der Waals surface area contributed by atoms with Gasteiger partial charge in [0.05, 0.1) is 32.8 Å². The van der Waals surface area contributed by atoms with Gasteiger partial charge in [-0.2, -0.15) is 0 Å². The lowest BCUT2D eigenvalue weighted by Crippen LogP contribution is -2.30. The van der Waals surface area contributed by atoms with Gasteiger partial charge in [-0.25, -0.2) is 0 Å². The van der Waals surface area contributed by atoms with Crippen molar-refractivity contribution in [3.8, 4) is 17.2 Å². The highest BCUT2D eigenvalue weighted by molar-refractivity contribution is 5.98. The molecule has 1 aromatic rings. The number of rotatable bonds is 5. The molecule has 1 aliphatic heterocycles. The molecule has 1 amide bonds. The van der Waals surface area contributed by atoms with Crippen LogP contribution >= 0.6 is 0 Å². The minimum absolute atomic E-state index is 0.0948. The first-order chi connectivity index (χ1) is 10.9. The van der Waals surface area contributed by atoms with Crippen LogP contribution in [0.1, 0.15) is 17.3 Å². The highest BCUT2D eigenvalue weighted by Crippen LogP contribution is 2.36. The Kier molecular flexibility index (Phi) is 4.98. The van der Waals surface area contributed by atoms with E-state index in [4.69, 9.17) is 14.2 Å². The first kappa shape index (κ1) is 16.9. The maximum Gasteiger partial charge on any atom is 0.308 e. The van der Waals surface area contributed by atoms with Gasteiger partial charge in [0, 0.05) is 25.2 Å². The van der Waals surface area contributed by atoms with Crippen molar-refractivity contribution in [2.24, 2.45) is 11.8 Å². The van der Waals surface area contributed by atoms with Crippen molar-refractivity contribution in [3.63, 3.8) is 0 Å². The van der Waals surface area contributed by atoms with Crippen molar-refractivity contribution in [1.82, 2.24) is 4.90 Å². The number of nitrogens with zero attached hydrogens (tertiary/aromatic N) is 1. The van der Waals surface area contributed by atoms with Crippen molar-refractivity contribution in [2.45, 2.75) is 6.92 Å². The second-order valence-electron chi connectivity index (χ2n) is 5.54. The molecule has 23 heavy (non-hydrogen) atoms. The van der Waals surface area contributed by atoms with E-state index in [1.54, 1.807) is 12.1 Å². The Morgan fingerprint density at radius 2 is 1.61 bits per heavy atom. The summed E-state index contributed by atoms with van der Waals surface area (Å²) >= 11 is 0. The Hall–Kier alpha value is -2.44. The molecule has 1 N–H and O–H groups in total. The van der Waals surface area contributed by atoms with Crippen LogP contribution in [0.4, 0.5) is 0 Å². The summed E-state index contributed by atoms with van der Waals surface area (Å²) < 4.78 is 15.7. The zero-order valence-electron chi connectivity index (χ0n) is 13.7. The van der Waals surface area contributed by atoms with Crippen LogP contribution in [0, 0.1) is 11.8 Å². The second-order valence-corrected chi connectivity index (χ2v) is 5.54. The first-order valence-electron chi connectivity index (χ1n) is 7.25. The summed E-state index contributed by atoms with van der Waals surface area (Å²) in [5, 5.41) is 9.21. The van der Waals surface area contributed by atoms with Crippen LogP contribution in [-0.2, 0) is 4.79 Å². The molecule has 0 unspecified atom stereocenters. The van der Waals surface area contributed by atoms with Gasteiger partial charge in [-0.3, -0.25) is 9.59 Å². The van der Waals surface area contributed by atoms with Crippen LogP contribution in [0.15, 0.2) is 12.1 Å². The molecule has 0 spiro atoms. The maximum absolute atomic E-state index is 12.8. The molecule has 1 heterocycles. The lowest BCUT2D eigenvalue weighted by molar-refractivity contribution is -0.142. The third-order valence-corrected chi connectivity index (χ3v) is 4.15. The van der Waals surface area contributed by atoms with E-state index in [0.717, 1.165) is 0 Å². The molecule has 0 radical (unpaired) electrons. The number of methoxy groups -OCH3 is 3. The number of aliphatic carboxylic acids is 1. The van der Waals surface area contributed by atoms with Gasteiger partial charge in [-0.1, -0.05) is 6.92 Å². The number of carboxylic acids is 1. The SMILES string of the molecule is COc1cc(OC)c(C(=O)N2C[C@@H](C)[C@H](C(=O)O)C2)cc1OC. The fraction of sp³-hybridized carbons (Fsp3) is 0.500. The average molecular weight is 323 g/mol. The lowest BCUT2D eigenvalue weighted by Gasteiger charge is -2.19. The van der Waals surface area contributed by atoms with Gasteiger partial charge in [0.2, 0.25) is 0 Å². The molecule has 1 aliphatic rings. The van der Waals surface area contributed by atoms with Crippen LogP contribution in [0.2, 0.25) is 0 Å². The summed E-state index contributed by atoms with van der Waals surface area (Å²) in [5.74, 6) is -0.574. The minimum Gasteiger partial charge on any atom is -0.496 e. The Morgan fingerprint density at radius 3 is 2.09 bits per heavy atom. The molecule has 0 aliphatic carbocycles. The second kappa shape index (κ2) is 6.76. The third kappa shape index (κ3) is 3.18. The number of hydrogen-bond donors (Lipinski definition) is 1. The largest absolute Gasteiger partial charge is 0.496 e. The van der Waals surface area contributed by atoms with Gasteiger partial charge < -0.3 is 24.2 Å². The van der Waals surface area contributed by atoms with Crippen LogP contribution < -0.4 is 14.2 Å². The first-order valence-corrected chi connectivity index (χ1v) is 7.25. The molecule has 126 valence electrons. The van der Waals surface area contributed by atoms with Crippen LogP contribution in [-0.4, -0.2) is 56.3 Å². The lowest BCUT2D eigenvalue weighted by atomic mass is 9.99. The van der Waals surface area contributed by atoms with E-state index in [-0.39, 0.29) is 18.4 Å². The van der Waals surface area contributed by atoms with E-state index in [9.17, 15) is 14.7 Å². The number of likely N-dealkylation sites (tertiary alicyclic amines) is 1. The summed E-state index contributed by atoms with van der Waals surface area (Å²) in [5.41, 5.74) is 0.323. The number of ether oxygens (including phenoxy) is 3. The third-order valence-electron chi connectivity index (χ3n) is 4.15. The van der Waals surface area contributed by atoms with Gasteiger partial charge >= 0.3 is 5.97 Å². The molecule has 1 saturated heterocycles. The monoisotopic (exact) mass is 323 g/mol. The summed E-state index contributed by atoms with van der Waals surface area (Å²) in [7, 11) is 4.44. The standard InChI is InChI=1S/C16H21NO6/c1-9-7-17(8-11(9)16(19)20)15(18)10-5-13(22-3)14(23-4)6-12(10)21-2/h5-6,9,11H,7-8H2,1-4H3,(H,19,20)/t9-,11-/m1/s1. The van der Waals surface area contributed by atoms with E-state index in [0.29, 0.717) is 29.4 Å². The molecule has 2 atom stereocenters. The van der Waals surface area contributed by atoms with E-state index < -0.39 is 11.9 Å². The maximum atomic E-state index is 12.8. The predicted octanol–water partition coefficient (Wildman–Crippen LogP) is 1.51. The zero-order valence-corrected chi connectivity index (χ0v) is 13.7. The summed E-state index contributed by atoms with van der Waals surface area (Å²) in [6, 6.07) is 3.14. The Labute approximate surface area is 134 Å². The quantitative estimate of drug-likeness (QED) is 0.884. The number of amides is 1. The highest BCUT2D eigenvalue weighted by atomic mass is 16.5. The Morgan fingerprint density at radius 1 is 1.04 bits per heavy atom. The smallest absolute Gasteiger partial charge is 0.308 e. The molecule has 0 saturated carbocycles. The topological polar surface area (TPSA) is 85.3 Å². The molecule has 0 bridgehead atoms. The average Bonchev–Trinajstić information content (AvgIpc) is 2.94.